The first-order valence-corrected chi connectivity index (χ1v) is 7.11. The van der Waals surface area contributed by atoms with E-state index in [1.165, 1.54) is 6.33 Å². The number of hydrogen-bond donors (Lipinski definition) is 3. The number of imidazole rings is 1. The molecule has 23 heavy (non-hydrogen) atoms. The van der Waals surface area contributed by atoms with Gasteiger partial charge in [-0.25, -0.2) is 4.98 Å². The van der Waals surface area contributed by atoms with Gasteiger partial charge in [-0.05, 0) is 0 Å². The molecule has 0 amide bonds. The molecule has 0 radical (unpaired) electrons. The van der Waals surface area contributed by atoms with Crippen molar-refractivity contribution in [2.24, 2.45) is 5.92 Å². The third-order valence-electron chi connectivity index (χ3n) is 4.00. The van der Waals surface area contributed by atoms with Crippen LogP contribution < -0.4 is 11.3 Å². The number of hydrogen-bond acceptors (Lipinski definition) is 8. The molecule has 1 saturated heterocycles. The second-order valence-corrected chi connectivity index (χ2v) is 5.34. The molecule has 10 heteroatoms. The van der Waals surface area contributed by atoms with Gasteiger partial charge in [0.2, 0.25) is 5.95 Å². The summed E-state index contributed by atoms with van der Waals surface area (Å²) in [5.41, 5.74) is 5.67. The fraction of sp³-hybridized carbons (Fsp3) is 0.615. The average Bonchev–Trinajstić information content (AvgIpc) is 3.08. The summed E-state index contributed by atoms with van der Waals surface area (Å²) in [7, 11) is 3.12. The predicted molar refractivity (Wildman–Crippen MR) is 79.7 cm³/mol. The highest BCUT2D eigenvalue weighted by Crippen LogP contribution is 2.37. The number of aromatic nitrogens is 4. The number of rotatable bonds is 5. The normalized spacial score (nSPS) is 27.8. The molecule has 1 aliphatic heterocycles. The van der Waals surface area contributed by atoms with E-state index in [2.05, 4.69) is 15.0 Å². The lowest BCUT2D eigenvalue weighted by Crippen LogP contribution is -2.33. The largest absolute Gasteiger partial charge is 0.394 e. The van der Waals surface area contributed by atoms with Crippen LogP contribution in [0.3, 0.4) is 0 Å². The number of ether oxygens (including phenoxy) is 3. The highest BCUT2D eigenvalue weighted by Gasteiger charge is 2.46. The van der Waals surface area contributed by atoms with Crippen LogP contribution in [-0.4, -0.2) is 64.3 Å². The van der Waals surface area contributed by atoms with E-state index in [0.29, 0.717) is 12.3 Å². The van der Waals surface area contributed by atoms with Crippen molar-refractivity contribution in [1.29, 1.82) is 0 Å². The molecule has 4 N–H and O–H groups in total. The lowest BCUT2D eigenvalue weighted by Gasteiger charge is -2.22. The zero-order valence-electron chi connectivity index (χ0n) is 12.8. The summed E-state index contributed by atoms with van der Waals surface area (Å²) in [5.74, 6) is -0.214. The van der Waals surface area contributed by atoms with Gasteiger partial charge in [0, 0.05) is 14.2 Å². The minimum Gasteiger partial charge on any atom is -0.394 e. The number of nitrogen functional groups attached to an aromatic ring is 1. The van der Waals surface area contributed by atoms with Gasteiger partial charge in [0.15, 0.2) is 11.2 Å². The van der Waals surface area contributed by atoms with Gasteiger partial charge >= 0.3 is 0 Å². The first-order chi connectivity index (χ1) is 11.1. The van der Waals surface area contributed by atoms with Crippen LogP contribution >= 0.6 is 0 Å². The number of nitrogens with zero attached hydrogens (tertiary/aromatic N) is 3. The fourth-order valence-corrected chi connectivity index (χ4v) is 3.04. The molecule has 10 nitrogen and oxygen atoms in total. The molecule has 4 atom stereocenters. The van der Waals surface area contributed by atoms with E-state index in [1.807, 2.05) is 0 Å². The van der Waals surface area contributed by atoms with Crippen molar-refractivity contribution in [3.8, 4) is 0 Å². The maximum atomic E-state index is 11.9. The summed E-state index contributed by atoms with van der Waals surface area (Å²) in [4.78, 5) is 22.5. The smallest absolute Gasteiger partial charge is 0.280 e. The van der Waals surface area contributed by atoms with Crippen LogP contribution in [0.25, 0.3) is 11.2 Å². The van der Waals surface area contributed by atoms with Crippen molar-refractivity contribution in [3.63, 3.8) is 0 Å². The van der Waals surface area contributed by atoms with E-state index >= 15 is 0 Å². The van der Waals surface area contributed by atoms with Crippen molar-refractivity contribution in [1.82, 2.24) is 19.5 Å². The minimum atomic E-state index is -0.546. The number of fused-ring (bicyclic) bond motifs is 1. The van der Waals surface area contributed by atoms with Gasteiger partial charge in [0.1, 0.15) is 12.3 Å². The molecule has 3 rings (SSSR count). The summed E-state index contributed by atoms with van der Waals surface area (Å²) in [6.45, 7) is 0.149. The van der Waals surface area contributed by atoms with E-state index < -0.39 is 17.9 Å². The SMILES string of the molecule is COCC1C(OC)C(CO)OC1n1cnc2c(=O)[nH]c(N)nc21. The molecule has 0 aliphatic carbocycles. The van der Waals surface area contributed by atoms with Gasteiger partial charge in [-0.15, -0.1) is 0 Å². The summed E-state index contributed by atoms with van der Waals surface area (Å²) < 4.78 is 18.2. The summed E-state index contributed by atoms with van der Waals surface area (Å²) >= 11 is 0. The quantitative estimate of drug-likeness (QED) is 0.628. The van der Waals surface area contributed by atoms with Crippen LogP contribution in [0.2, 0.25) is 0 Å². The van der Waals surface area contributed by atoms with Crippen LogP contribution in [0.15, 0.2) is 11.1 Å². The molecular weight excluding hydrogens is 306 g/mol. The van der Waals surface area contributed by atoms with Crippen molar-refractivity contribution in [3.05, 3.63) is 16.7 Å². The van der Waals surface area contributed by atoms with Crippen LogP contribution in [0.5, 0.6) is 0 Å². The number of aromatic amines is 1. The van der Waals surface area contributed by atoms with Gasteiger partial charge in [0.05, 0.1) is 31.6 Å². The lowest BCUT2D eigenvalue weighted by molar-refractivity contribution is -0.0521. The number of nitrogens with one attached hydrogen (secondary N) is 1. The van der Waals surface area contributed by atoms with E-state index in [9.17, 15) is 9.90 Å². The molecule has 0 saturated carbocycles. The van der Waals surface area contributed by atoms with E-state index in [-0.39, 0.29) is 30.1 Å². The van der Waals surface area contributed by atoms with Crippen molar-refractivity contribution in [2.75, 3.05) is 33.2 Å². The van der Waals surface area contributed by atoms with E-state index in [4.69, 9.17) is 19.9 Å². The molecule has 2 aromatic heterocycles. The summed E-state index contributed by atoms with van der Waals surface area (Å²) in [6, 6.07) is 0. The standard InChI is InChI=1S/C13H19N5O5/c1-21-4-6-9(22-2)7(3-19)23-12(6)18-5-15-8-10(18)16-13(14)17-11(8)20/h5-7,9,12,19H,3-4H2,1-2H3,(H3,14,16,17,20). The number of methoxy groups -OCH3 is 2. The first kappa shape index (κ1) is 15.9. The van der Waals surface area contributed by atoms with Gasteiger partial charge < -0.3 is 25.1 Å². The highest BCUT2D eigenvalue weighted by atomic mass is 16.6. The van der Waals surface area contributed by atoms with Gasteiger partial charge in [-0.2, -0.15) is 4.98 Å². The topological polar surface area (TPSA) is 138 Å². The number of aliphatic hydroxyl groups is 1. The number of aliphatic hydroxyl groups excluding tert-OH is 1. The maximum absolute atomic E-state index is 11.9. The average molecular weight is 325 g/mol. The van der Waals surface area contributed by atoms with E-state index in [0.717, 1.165) is 0 Å². The Balaban J connectivity index is 2.07. The third-order valence-corrected chi connectivity index (χ3v) is 4.00. The Bertz CT molecular complexity index is 744. The maximum Gasteiger partial charge on any atom is 0.280 e. The Morgan fingerprint density at radius 3 is 2.96 bits per heavy atom. The minimum absolute atomic E-state index is 0.00691. The first-order valence-electron chi connectivity index (χ1n) is 7.11. The summed E-state index contributed by atoms with van der Waals surface area (Å²) in [5, 5.41) is 9.51. The van der Waals surface area contributed by atoms with Gasteiger partial charge in [-0.1, -0.05) is 0 Å². The fourth-order valence-electron chi connectivity index (χ4n) is 3.04. The Morgan fingerprint density at radius 2 is 2.30 bits per heavy atom. The third kappa shape index (κ3) is 2.59. The van der Waals surface area contributed by atoms with Crippen molar-refractivity contribution in [2.45, 2.75) is 18.4 Å². The van der Waals surface area contributed by atoms with Crippen LogP contribution in [-0.2, 0) is 14.2 Å². The summed E-state index contributed by atoms with van der Waals surface area (Å²) in [6.07, 6.45) is 0.0472. The second-order valence-electron chi connectivity index (χ2n) is 5.34. The van der Waals surface area contributed by atoms with E-state index in [1.54, 1.807) is 18.8 Å². The molecule has 3 heterocycles. The molecule has 0 spiro atoms. The molecule has 4 unspecified atom stereocenters. The number of anilines is 1. The molecule has 1 fully saturated rings. The zero-order valence-corrected chi connectivity index (χ0v) is 12.8. The van der Waals surface area contributed by atoms with Gasteiger partial charge in [-0.3, -0.25) is 14.3 Å². The van der Waals surface area contributed by atoms with Crippen LogP contribution in [0, 0.1) is 5.92 Å². The molecular formula is C13H19N5O5. The zero-order chi connectivity index (χ0) is 16.6. The molecule has 0 bridgehead atoms. The Labute approximate surface area is 131 Å². The molecule has 126 valence electrons. The lowest BCUT2D eigenvalue weighted by atomic mass is 10.0. The Hall–Kier alpha value is -2.01. The highest BCUT2D eigenvalue weighted by molar-refractivity contribution is 5.70. The van der Waals surface area contributed by atoms with Crippen molar-refractivity contribution >= 4 is 17.1 Å². The second kappa shape index (κ2) is 6.24. The number of H-pyrrole nitrogens is 1. The van der Waals surface area contributed by atoms with Crippen LogP contribution in [0.1, 0.15) is 6.23 Å². The number of nitrogens with two attached hydrogens (primary N) is 1. The Morgan fingerprint density at radius 1 is 1.52 bits per heavy atom. The molecule has 0 aromatic carbocycles. The Kier molecular flexibility index (Phi) is 4.31. The van der Waals surface area contributed by atoms with Crippen LogP contribution in [0.4, 0.5) is 5.95 Å². The van der Waals surface area contributed by atoms with Crippen molar-refractivity contribution < 1.29 is 19.3 Å². The molecule has 2 aromatic rings. The van der Waals surface area contributed by atoms with Gasteiger partial charge in [0.25, 0.3) is 5.56 Å². The predicted octanol–water partition coefficient (Wildman–Crippen LogP) is -1.13. The monoisotopic (exact) mass is 325 g/mol. The molecule has 1 aliphatic rings.